The van der Waals surface area contributed by atoms with Crippen molar-refractivity contribution >= 4 is 27.7 Å². The average Bonchev–Trinajstić information content (AvgIpc) is 2.35. The molecule has 0 fully saturated rings. The van der Waals surface area contributed by atoms with E-state index < -0.39 is 28.9 Å². The molecule has 7 heteroatoms. The maximum absolute atomic E-state index is 12.9. The normalized spacial score (nSPS) is 14.2. The third kappa shape index (κ3) is 3.57. The van der Waals surface area contributed by atoms with E-state index in [0.29, 0.717) is 0 Å². The Labute approximate surface area is 116 Å². The number of alkyl halides is 3. The zero-order valence-corrected chi connectivity index (χ0v) is 11.4. The lowest BCUT2D eigenvalue weighted by molar-refractivity contribution is -0.147. The molecule has 0 saturated carbocycles. The molecule has 0 aromatic heterocycles. The van der Waals surface area contributed by atoms with E-state index >= 15 is 0 Å². The predicted molar refractivity (Wildman–Crippen MR) is 66.3 cm³/mol. The topological polar surface area (TPSA) is 74.6 Å². The summed E-state index contributed by atoms with van der Waals surface area (Å²) >= 11 is 3.05. The van der Waals surface area contributed by atoms with Crippen LogP contribution in [0.3, 0.4) is 0 Å². The van der Waals surface area contributed by atoms with Gasteiger partial charge in [-0.15, -0.1) is 0 Å². The van der Waals surface area contributed by atoms with Gasteiger partial charge in [-0.1, -0.05) is 28.1 Å². The summed E-state index contributed by atoms with van der Waals surface area (Å²) in [5, 5.41) is 18.0. The van der Waals surface area contributed by atoms with Crippen molar-refractivity contribution in [1.82, 2.24) is 0 Å². The molecule has 0 aliphatic carbocycles. The fourth-order valence-corrected chi connectivity index (χ4v) is 1.84. The van der Waals surface area contributed by atoms with Crippen LogP contribution in [0.2, 0.25) is 0 Å². The molecule has 0 aliphatic rings. The Kier molecular flexibility index (Phi) is 5.13. The number of hydrogen-bond donors (Lipinski definition) is 2. The average molecular weight is 337 g/mol. The van der Waals surface area contributed by atoms with E-state index in [-0.39, 0.29) is 16.9 Å². The van der Waals surface area contributed by atoms with Gasteiger partial charge in [-0.3, -0.25) is 4.79 Å². The minimum Gasteiger partial charge on any atom is -0.479 e. The molecule has 0 saturated heterocycles. The highest BCUT2D eigenvalue weighted by molar-refractivity contribution is 9.09. The third-order valence-corrected chi connectivity index (χ3v) is 3.70. The fourth-order valence-electron chi connectivity index (χ4n) is 1.56. The maximum Gasteiger partial charge on any atom is 0.337 e. The zero-order valence-electron chi connectivity index (χ0n) is 9.81. The number of aliphatic hydroxyl groups excluding tert-OH is 1. The molecular weight excluding hydrogens is 326 g/mol. The standard InChI is InChI=1S/C12H11BrF2O4/c1-5(16)9(13)6-2-3-7(10(17)12(18)19)8(4-6)11(14)15/h2-4,9-11,17H,1H3,(H,18,19). The van der Waals surface area contributed by atoms with Crippen LogP contribution in [-0.2, 0) is 9.59 Å². The van der Waals surface area contributed by atoms with Gasteiger partial charge in [0.1, 0.15) is 5.78 Å². The first kappa shape index (κ1) is 15.7. The number of carboxylic acid groups (broad SMARTS) is 1. The molecule has 0 heterocycles. The van der Waals surface area contributed by atoms with Crippen LogP contribution in [0.15, 0.2) is 18.2 Å². The lowest BCUT2D eigenvalue weighted by Gasteiger charge is -2.15. The van der Waals surface area contributed by atoms with Crippen LogP contribution in [0.4, 0.5) is 8.78 Å². The van der Waals surface area contributed by atoms with E-state index in [9.17, 15) is 23.5 Å². The second-order valence-electron chi connectivity index (χ2n) is 3.90. The molecular formula is C12H11BrF2O4. The van der Waals surface area contributed by atoms with Gasteiger partial charge in [0.2, 0.25) is 0 Å². The van der Waals surface area contributed by atoms with Gasteiger partial charge in [-0.05, 0) is 18.6 Å². The minimum absolute atomic E-state index is 0.272. The summed E-state index contributed by atoms with van der Waals surface area (Å²) in [6, 6.07) is 3.44. The predicted octanol–water partition coefficient (Wildman–Crippen LogP) is 2.77. The van der Waals surface area contributed by atoms with Crippen molar-refractivity contribution in [2.24, 2.45) is 0 Å². The van der Waals surface area contributed by atoms with E-state index in [1.807, 2.05) is 0 Å². The molecule has 0 bridgehead atoms. The van der Waals surface area contributed by atoms with Crippen LogP contribution in [0.5, 0.6) is 0 Å². The number of halogens is 3. The van der Waals surface area contributed by atoms with Gasteiger partial charge in [-0.2, -0.15) is 0 Å². The first-order valence-electron chi connectivity index (χ1n) is 5.23. The van der Waals surface area contributed by atoms with Gasteiger partial charge < -0.3 is 10.2 Å². The SMILES string of the molecule is CC(=O)C(Br)c1ccc(C(O)C(=O)O)c(C(F)F)c1. The molecule has 2 atom stereocenters. The van der Waals surface area contributed by atoms with Crippen molar-refractivity contribution in [2.45, 2.75) is 24.3 Å². The van der Waals surface area contributed by atoms with Gasteiger partial charge in [0.15, 0.2) is 6.10 Å². The lowest BCUT2D eigenvalue weighted by Crippen LogP contribution is -2.14. The molecule has 2 N–H and O–H groups in total. The summed E-state index contributed by atoms with van der Waals surface area (Å²) in [4.78, 5) is 21.1. The van der Waals surface area contributed by atoms with E-state index in [2.05, 4.69) is 15.9 Å². The van der Waals surface area contributed by atoms with Gasteiger partial charge in [0.05, 0.1) is 4.83 Å². The molecule has 1 rings (SSSR count). The van der Waals surface area contributed by atoms with Crippen molar-refractivity contribution in [1.29, 1.82) is 0 Å². The molecule has 104 valence electrons. The van der Waals surface area contributed by atoms with Crippen molar-refractivity contribution in [2.75, 3.05) is 0 Å². The summed E-state index contributed by atoms with van der Waals surface area (Å²) in [5.74, 6) is -1.89. The summed E-state index contributed by atoms with van der Waals surface area (Å²) in [5.41, 5.74) is -0.697. The number of aliphatic hydroxyl groups is 1. The van der Waals surface area contributed by atoms with Crippen LogP contribution < -0.4 is 0 Å². The Morgan fingerprint density at radius 1 is 1.26 bits per heavy atom. The third-order valence-electron chi connectivity index (χ3n) is 2.52. The Morgan fingerprint density at radius 3 is 2.26 bits per heavy atom. The second kappa shape index (κ2) is 6.21. The van der Waals surface area contributed by atoms with Crippen LogP contribution in [-0.4, -0.2) is 22.0 Å². The highest BCUT2D eigenvalue weighted by Crippen LogP contribution is 2.33. The number of carbonyl (C=O) groups is 2. The Bertz CT molecular complexity index is 505. The van der Waals surface area contributed by atoms with Crippen molar-refractivity contribution in [3.05, 3.63) is 34.9 Å². The maximum atomic E-state index is 12.9. The van der Waals surface area contributed by atoms with Crippen LogP contribution in [0.1, 0.15) is 41.0 Å². The smallest absolute Gasteiger partial charge is 0.337 e. The number of carboxylic acids is 1. The fraction of sp³-hybridized carbons (Fsp3) is 0.333. The van der Waals surface area contributed by atoms with Gasteiger partial charge in [0.25, 0.3) is 6.43 Å². The Hall–Kier alpha value is -1.34. The first-order chi connectivity index (χ1) is 8.75. The van der Waals surface area contributed by atoms with Crippen molar-refractivity contribution in [3.63, 3.8) is 0 Å². The molecule has 4 nitrogen and oxygen atoms in total. The molecule has 0 aliphatic heterocycles. The Balaban J connectivity index is 3.30. The van der Waals surface area contributed by atoms with E-state index in [1.54, 1.807) is 0 Å². The van der Waals surface area contributed by atoms with Crippen LogP contribution in [0.25, 0.3) is 0 Å². The number of ketones is 1. The van der Waals surface area contributed by atoms with Gasteiger partial charge >= 0.3 is 5.97 Å². The zero-order chi connectivity index (χ0) is 14.7. The monoisotopic (exact) mass is 336 g/mol. The largest absolute Gasteiger partial charge is 0.479 e. The number of Topliss-reactive ketones (excluding diaryl/α,β-unsaturated/α-hetero) is 1. The van der Waals surface area contributed by atoms with Crippen molar-refractivity contribution < 1.29 is 28.6 Å². The summed E-state index contributed by atoms with van der Waals surface area (Å²) < 4.78 is 25.8. The highest BCUT2D eigenvalue weighted by Gasteiger charge is 2.25. The number of aliphatic carboxylic acids is 1. The molecule has 0 radical (unpaired) electrons. The number of rotatable bonds is 5. The first-order valence-corrected chi connectivity index (χ1v) is 6.14. The number of hydrogen-bond acceptors (Lipinski definition) is 3. The van der Waals surface area contributed by atoms with E-state index in [1.165, 1.54) is 13.0 Å². The van der Waals surface area contributed by atoms with Gasteiger partial charge in [-0.25, -0.2) is 13.6 Å². The lowest BCUT2D eigenvalue weighted by atomic mass is 9.97. The summed E-state index contributed by atoms with van der Waals surface area (Å²) in [7, 11) is 0. The summed E-state index contributed by atoms with van der Waals surface area (Å²) in [6.07, 6.45) is -4.97. The second-order valence-corrected chi connectivity index (χ2v) is 4.82. The van der Waals surface area contributed by atoms with E-state index in [4.69, 9.17) is 5.11 Å². The quantitative estimate of drug-likeness (QED) is 0.811. The molecule has 0 spiro atoms. The summed E-state index contributed by atoms with van der Waals surface area (Å²) in [6.45, 7) is 1.29. The Morgan fingerprint density at radius 2 is 1.84 bits per heavy atom. The molecule has 2 unspecified atom stereocenters. The van der Waals surface area contributed by atoms with Crippen molar-refractivity contribution in [3.8, 4) is 0 Å². The minimum atomic E-state index is -2.95. The van der Waals surface area contributed by atoms with Gasteiger partial charge in [0, 0.05) is 11.1 Å². The molecule has 19 heavy (non-hydrogen) atoms. The van der Waals surface area contributed by atoms with E-state index in [0.717, 1.165) is 12.1 Å². The van der Waals surface area contributed by atoms with Crippen LogP contribution >= 0.6 is 15.9 Å². The number of benzene rings is 1. The molecule has 1 aromatic rings. The highest BCUT2D eigenvalue weighted by atomic mass is 79.9. The van der Waals surface area contributed by atoms with Crippen LogP contribution in [0, 0.1) is 0 Å². The number of carbonyl (C=O) groups excluding carboxylic acids is 1. The molecule has 1 aromatic carbocycles. The molecule has 0 amide bonds.